The number of hydrogen-bond acceptors (Lipinski definition) is 3. The molecule has 0 aliphatic carbocycles. The Hall–Kier alpha value is -0.380. The first-order chi connectivity index (χ1) is 8.06. The predicted molar refractivity (Wildman–Crippen MR) is 75.6 cm³/mol. The summed E-state index contributed by atoms with van der Waals surface area (Å²) in [4.78, 5) is 5.34. The molecule has 1 fully saturated rings. The molecule has 0 amide bonds. The van der Waals surface area contributed by atoms with Gasteiger partial charge in [0.1, 0.15) is 0 Å². The average molecular weight is 252 g/mol. The molecule has 96 valence electrons. The number of nitrogens with one attached hydrogen (secondary N) is 1. The minimum atomic E-state index is 0.670. The van der Waals surface area contributed by atoms with E-state index in [2.05, 4.69) is 50.2 Å². The van der Waals surface area contributed by atoms with Gasteiger partial charge in [0.25, 0.3) is 0 Å². The summed E-state index contributed by atoms with van der Waals surface area (Å²) in [6.07, 6.45) is 1.27. The molecular weight excluding hydrogens is 228 g/mol. The van der Waals surface area contributed by atoms with Gasteiger partial charge in [-0.3, -0.25) is 0 Å². The summed E-state index contributed by atoms with van der Waals surface area (Å²) >= 11 is 1.91. The molecular formula is C14H24N2S. The highest BCUT2D eigenvalue weighted by Crippen LogP contribution is 2.22. The van der Waals surface area contributed by atoms with Crippen LogP contribution in [0.2, 0.25) is 0 Å². The molecule has 0 saturated carbocycles. The summed E-state index contributed by atoms with van der Waals surface area (Å²) in [5, 5.41) is 3.74. The Morgan fingerprint density at radius 2 is 2.18 bits per heavy atom. The highest BCUT2D eigenvalue weighted by atomic mass is 32.1. The fourth-order valence-electron chi connectivity index (χ4n) is 2.64. The third-order valence-corrected chi connectivity index (χ3v) is 4.95. The Kier molecular flexibility index (Phi) is 4.23. The van der Waals surface area contributed by atoms with Crippen LogP contribution in [-0.2, 0) is 6.54 Å². The van der Waals surface area contributed by atoms with Gasteiger partial charge in [-0.15, -0.1) is 11.3 Å². The van der Waals surface area contributed by atoms with Crippen LogP contribution in [0.25, 0.3) is 0 Å². The Bertz CT molecular complexity index is 361. The monoisotopic (exact) mass is 252 g/mol. The zero-order valence-corrected chi connectivity index (χ0v) is 12.2. The number of aryl methyl sites for hydroxylation is 1. The van der Waals surface area contributed by atoms with Crippen LogP contribution in [0.4, 0.5) is 0 Å². The van der Waals surface area contributed by atoms with Crippen LogP contribution in [0.1, 0.15) is 30.0 Å². The standard InChI is InChI=1S/C14H24N2S/c1-10-9-16(4)11(2)7-14(10)15-8-13-6-5-12(3)17-13/h5-6,10-11,14-15H,7-9H2,1-4H3. The van der Waals surface area contributed by atoms with Crippen LogP contribution >= 0.6 is 11.3 Å². The molecule has 2 nitrogen and oxygen atoms in total. The molecule has 3 unspecified atom stereocenters. The molecule has 0 radical (unpaired) electrons. The molecule has 0 bridgehead atoms. The molecule has 3 heteroatoms. The highest BCUT2D eigenvalue weighted by Gasteiger charge is 2.28. The zero-order valence-electron chi connectivity index (χ0n) is 11.4. The third kappa shape index (κ3) is 3.30. The Morgan fingerprint density at radius 1 is 1.41 bits per heavy atom. The first-order valence-electron chi connectivity index (χ1n) is 6.55. The zero-order chi connectivity index (χ0) is 12.4. The molecule has 1 aliphatic heterocycles. The van der Waals surface area contributed by atoms with Crippen LogP contribution in [0.5, 0.6) is 0 Å². The number of piperidine rings is 1. The van der Waals surface area contributed by atoms with Crippen molar-refractivity contribution in [1.29, 1.82) is 0 Å². The van der Waals surface area contributed by atoms with Crippen LogP contribution < -0.4 is 5.32 Å². The topological polar surface area (TPSA) is 15.3 Å². The quantitative estimate of drug-likeness (QED) is 0.890. The van der Waals surface area contributed by atoms with Gasteiger partial charge < -0.3 is 10.2 Å². The van der Waals surface area contributed by atoms with Crippen molar-refractivity contribution < 1.29 is 0 Å². The molecule has 1 aromatic rings. The van der Waals surface area contributed by atoms with E-state index in [1.165, 1.54) is 22.7 Å². The molecule has 2 heterocycles. The fourth-order valence-corrected chi connectivity index (χ4v) is 3.48. The lowest BCUT2D eigenvalue weighted by Gasteiger charge is -2.40. The van der Waals surface area contributed by atoms with Crippen LogP contribution in [0.3, 0.4) is 0 Å². The minimum absolute atomic E-state index is 0.670. The molecule has 2 rings (SSSR count). The van der Waals surface area contributed by atoms with E-state index in [4.69, 9.17) is 0 Å². The minimum Gasteiger partial charge on any atom is -0.309 e. The summed E-state index contributed by atoms with van der Waals surface area (Å²) in [7, 11) is 2.24. The van der Waals surface area contributed by atoms with Crippen molar-refractivity contribution in [1.82, 2.24) is 10.2 Å². The van der Waals surface area contributed by atoms with Gasteiger partial charge in [-0.25, -0.2) is 0 Å². The van der Waals surface area contributed by atoms with E-state index in [0.717, 1.165) is 12.5 Å². The first kappa shape index (κ1) is 13.1. The van der Waals surface area contributed by atoms with Crippen LogP contribution in [0, 0.1) is 12.8 Å². The Morgan fingerprint density at radius 3 is 2.82 bits per heavy atom. The van der Waals surface area contributed by atoms with E-state index < -0.39 is 0 Å². The second-order valence-corrected chi connectivity index (χ2v) is 6.87. The second-order valence-electron chi connectivity index (χ2n) is 5.50. The van der Waals surface area contributed by atoms with E-state index in [9.17, 15) is 0 Å². The number of hydrogen-bond donors (Lipinski definition) is 1. The summed E-state index contributed by atoms with van der Waals surface area (Å²) in [5.74, 6) is 0.747. The van der Waals surface area contributed by atoms with E-state index in [0.29, 0.717) is 12.1 Å². The van der Waals surface area contributed by atoms with Gasteiger partial charge in [-0.05, 0) is 45.4 Å². The Labute approximate surface area is 109 Å². The van der Waals surface area contributed by atoms with Crippen molar-refractivity contribution in [3.8, 4) is 0 Å². The van der Waals surface area contributed by atoms with Gasteiger partial charge in [0.15, 0.2) is 0 Å². The maximum Gasteiger partial charge on any atom is 0.0302 e. The summed E-state index contributed by atoms with van der Waals surface area (Å²) in [6, 6.07) is 5.83. The van der Waals surface area contributed by atoms with Crippen molar-refractivity contribution >= 4 is 11.3 Å². The maximum absolute atomic E-state index is 3.74. The Balaban J connectivity index is 1.86. The summed E-state index contributed by atoms with van der Waals surface area (Å²) < 4.78 is 0. The van der Waals surface area contributed by atoms with Gasteiger partial charge in [0.05, 0.1) is 0 Å². The van der Waals surface area contributed by atoms with Crippen molar-refractivity contribution in [3.63, 3.8) is 0 Å². The van der Waals surface area contributed by atoms with Crippen molar-refractivity contribution in [3.05, 3.63) is 21.9 Å². The lowest BCUT2D eigenvalue weighted by molar-refractivity contribution is 0.121. The van der Waals surface area contributed by atoms with Crippen molar-refractivity contribution in [2.75, 3.05) is 13.6 Å². The molecule has 0 spiro atoms. The first-order valence-corrected chi connectivity index (χ1v) is 7.37. The number of likely N-dealkylation sites (tertiary alicyclic amines) is 1. The van der Waals surface area contributed by atoms with Gasteiger partial charge >= 0.3 is 0 Å². The molecule has 1 aromatic heterocycles. The molecule has 17 heavy (non-hydrogen) atoms. The van der Waals surface area contributed by atoms with Gasteiger partial charge in [0, 0.05) is 34.9 Å². The SMILES string of the molecule is Cc1ccc(CNC2CC(C)N(C)CC2C)s1. The van der Waals surface area contributed by atoms with E-state index in [1.807, 2.05) is 11.3 Å². The smallest absolute Gasteiger partial charge is 0.0302 e. The van der Waals surface area contributed by atoms with E-state index in [-0.39, 0.29) is 0 Å². The van der Waals surface area contributed by atoms with Gasteiger partial charge in [-0.2, -0.15) is 0 Å². The van der Waals surface area contributed by atoms with Gasteiger partial charge in [0.2, 0.25) is 0 Å². The number of nitrogens with zero attached hydrogens (tertiary/aromatic N) is 1. The third-order valence-electron chi connectivity index (χ3n) is 3.94. The van der Waals surface area contributed by atoms with Gasteiger partial charge in [-0.1, -0.05) is 6.92 Å². The van der Waals surface area contributed by atoms with Crippen molar-refractivity contribution in [2.24, 2.45) is 5.92 Å². The summed E-state index contributed by atoms with van der Waals surface area (Å²) in [5.41, 5.74) is 0. The van der Waals surface area contributed by atoms with Crippen LogP contribution in [0.15, 0.2) is 12.1 Å². The highest BCUT2D eigenvalue weighted by molar-refractivity contribution is 7.11. The normalized spacial score (nSPS) is 30.7. The summed E-state index contributed by atoms with van der Waals surface area (Å²) in [6.45, 7) is 9.11. The number of thiophene rings is 1. The second kappa shape index (κ2) is 5.51. The lowest BCUT2D eigenvalue weighted by Crippen LogP contribution is -2.50. The van der Waals surface area contributed by atoms with Crippen LogP contribution in [-0.4, -0.2) is 30.6 Å². The lowest BCUT2D eigenvalue weighted by atomic mass is 9.90. The molecule has 3 atom stereocenters. The number of rotatable bonds is 3. The molecule has 1 aliphatic rings. The molecule has 1 N–H and O–H groups in total. The fraction of sp³-hybridized carbons (Fsp3) is 0.714. The van der Waals surface area contributed by atoms with Crippen molar-refractivity contribution in [2.45, 2.75) is 45.8 Å². The molecule has 0 aromatic carbocycles. The van der Waals surface area contributed by atoms with E-state index >= 15 is 0 Å². The maximum atomic E-state index is 3.74. The average Bonchev–Trinajstić information content (AvgIpc) is 2.68. The predicted octanol–water partition coefficient (Wildman–Crippen LogP) is 2.87. The van der Waals surface area contributed by atoms with E-state index in [1.54, 1.807) is 0 Å². The largest absolute Gasteiger partial charge is 0.309 e. The molecule has 1 saturated heterocycles.